The number of rotatable bonds is 8. The van der Waals surface area contributed by atoms with E-state index in [-0.39, 0.29) is 30.0 Å². The van der Waals surface area contributed by atoms with E-state index in [0.29, 0.717) is 22.4 Å². The Hall–Kier alpha value is -3.23. The van der Waals surface area contributed by atoms with Gasteiger partial charge in [0.1, 0.15) is 0 Å². The van der Waals surface area contributed by atoms with Gasteiger partial charge in [0.2, 0.25) is 15.9 Å². The predicted molar refractivity (Wildman–Crippen MR) is 125 cm³/mol. The lowest BCUT2D eigenvalue weighted by Crippen LogP contribution is -2.26. The molecule has 0 aliphatic heterocycles. The van der Waals surface area contributed by atoms with Gasteiger partial charge in [-0.25, -0.2) is 13.1 Å². The normalized spacial score (nSPS) is 13.7. The number of amides is 2. The Labute approximate surface area is 187 Å². The van der Waals surface area contributed by atoms with Crippen LogP contribution in [0.3, 0.4) is 0 Å². The van der Waals surface area contributed by atoms with E-state index >= 15 is 0 Å². The molecule has 0 spiro atoms. The number of anilines is 1. The number of hydrogen-bond donors (Lipinski definition) is 3. The van der Waals surface area contributed by atoms with Crippen LogP contribution in [0.2, 0.25) is 0 Å². The quantitative estimate of drug-likeness (QED) is 0.489. The second kappa shape index (κ2) is 9.10. The lowest BCUT2D eigenvalue weighted by atomic mass is 10.0. The third-order valence-electron chi connectivity index (χ3n) is 5.55. The first-order valence-electron chi connectivity index (χ1n) is 10.5. The fourth-order valence-corrected chi connectivity index (χ4v) is 4.37. The third kappa shape index (κ3) is 5.15. The summed E-state index contributed by atoms with van der Waals surface area (Å²) < 4.78 is 26.3. The molecule has 32 heavy (non-hydrogen) atoms. The summed E-state index contributed by atoms with van der Waals surface area (Å²) >= 11 is 0. The highest BCUT2D eigenvalue weighted by Gasteiger charge is 2.30. The average molecular weight is 452 g/mol. The molecule has 0 bridgehead atoms. The van der Waals surface area contributed by atoms with Crippen molar-refractivity contribution in [2.24, 2.45) is 5.92 Å². The summed E-state index contributed by atoms with van der Waals surface area (Å²) in [7, 11) is -2.07. The second-order valence-corrected chi connectivity index (χ2v) is 9.85. The van der Waals surface area contributed by atoms with Crippen molar-refractivity contribution in [1.29, 1.82) is 0 Å². The minimum Gasteiger partial charge on any atom is -0.348 e. The fraction of sp³-hybridized carbons (Fsp3) is 0.250. The van der Waals surface area contributed by atoms with Crippen LogP contribution in [0.1, 0.15) is 34.3 Å². The van der Waals surface area contributed by atoms with Gasteiger partial charge in [0.25, 0.3) is 5.91 Å². The standard InChI is InChI=1S/C24H25N3O4S/c1-25-32(30,31)15-20-9-5-4-8-19(20)14-26-24(29)21-12-17-6-2-3-7-18(17)13-22(21)27-23(28)16-10-11-16/h2-9,12-13,16,25H,10-11,14-15H2,1H3,(H,26,29)(H,27,28). The molecule has 3 N–H and O–H groups in total. The summed E-state index contributed by atoms with van der Waals surface area (Å²) in [5, 5.41) is 7.60. The maximum absolute atomic E-state index is 13.1. The van der Waals surface area contributed by atoms with Gasteiger partial charge < -0.3 is 10.6 Å². The Morgan fingerprint density at radius 2 is 1.56 bits per heavy atom. The molecule has 0 unspecified atom stereocenters. The van der Waals surface area contributed by atoms with Gasteiger partial charge in [-0.1, -0.05) is 48.5 Å². The lowest BCUT2D eigenvalue weighted by molar-refractivity contribution is -0.117. The number of nitrogens with one attached hydrogen (secondary N) is 3. The van der Waals surface area contributed by atoms with Gasteiger partial charge >= 0.3 is 0 Å². The average Bonchev–Trinajstić information content (AvgIpc) is 3.63. The number of carbonyl (C=O) groups excluding carboxylic acids is 2. The molecular weight excluding hydrogens is 426 g/mol. The van der Waals surface area contributed by atoms with Gasteiger partial charge in [-0.05, 0) is 53.9 Å². The lowest BCUT2D eigenvalue weighted by Gasteiger charge is -2.14. The van der Waals surface area contributed by atoms with Crippen LogP contribution in [0.15, 0.2) is 60.7 Å². The van der Waals surface area contributed by atoms with Crippen molar-refractivity contribution in [1.82, 2.24) is 10.0 Å². The molecule has 3 aromatic rings. The minimum absolute atomic E-state index is 0.0124. The Morgan fingerprint density at radius 1 is 0.938 bits per heavy atom. The van der Waals surface area contributed by atoms with Crippen molar-refractivity contribution in [3.63, 3.8) is 0 Å². The number of carbonyl (C=O) groups is 2. The molecule has 1 aliphatic carbocycles. The van der Waals surface area contributed by atoms with Crippen molar-refractivity contribution in [2.75, 3.05) is 12.4 Å². The molecule has 4 rings (SSSR count). The molecule has 0 aromatic heterocycles. The van der Waals surface area contributed by atoms with Gasteiger partial charge in [-0.2, -0.15) is 0 Å². The first kappa shape index (κ1) is 22.0. The maximum atomic E-state index is 13.1. The van der Waals surface area contributed by atoms with Crippen LogP contribution in [0, 0.1) is 5.92 Å². The molecule has 0 heterocycles. The van der Waals surface area contributed by atoms with Gasteiger partial charge in [0, 0.05) is 12.5 Å². The number of fused-ring (bicyclic) bond motifs is 1. The maximum Gasteiger partial charge on any atom is 0.253 e. The molecule has 7 nitrogen and oxygen atoms in total. The Morgan fingerprint density at radius 3 is 2.22 bits per heavy atom. The molecule has 0 atom stereocenters. The molecule has 8 heteroatoms. The van der Waals surface area contributed by atoms with E-state index in [1.807, 2.05) is 30.3 Å². The topological polar surface area (TPSA) is 104 Å². The highest BCUT2D eigenvalue weighted by atomic mass is 32.2. The van der Waals surface area contributed by atoms with E-state index < -0.39 is 10.0 Å². The van der Waals surface area contributed by atoms with Crippen molar-refractivity contribution >= 4 is 38.3 Å². The number of hydrogen-bond acceptors (Lipinski definition) is 4. The minimum atomic E-state index is -3.44. The van der Waals surface area contributed by atoms with Crippen LogP contribution in [0.5, 0.6) is 0 Å². The van der Waals surface area contributed by atoms with Gasteiger partial charge in [0.05, 0.1) is 17.0 Å². The molecule has 166 valence electrons. The molecule has 3 aromatic carbocycles. The van der Waals surface area contributed by atoms with Crippen LogP contribution in [0.25, 0.3) is 10.8 Å². The summed E-state index contributed by atoms with van der Waals surface area (Å²) in [4.78, 5) is 25.5. The molecule has 0 saturated heterocycles. The van der Waals surface area contributed by atoms with Gasteiger partial charge in [0.15, 0.2) is 0 Å². The zero-order chi connectivity index (χ0) is 22.7. The van der Waals surface area contributed by atoms with E-state index in [4.69, 9.17) is 0 Å². The van der Waals surface area contributed by atoms with Crippen LogP contribution >= 0.6 is 0 Å². The van der Waals surface area contributed by atoms with Crippen LogP contribution < -0.4 is 15.4 Å². The van der Waals surface area contributed by atoms with Crippen LogP contribution in [-0.4, -0.2) is 27.3 Å². The first-order valence-corrected chi connectivity index (χ1v) is 12.1. The highest BCUT2D eigenvalue weighted by molar-refractivity contribution is 7.88. The number of benzene rings is 3. The van der Waals surface area contributed by atoms with E-state index in [2.05, 4.69) is 15.4 Å². The van der Waals surface area contributed by atoms with Crippen LogP contribution in [0.4, 0.5) is 5.69 Å². The van der Waals surface area contributed by atoms with Crippen molar-refractivity contribution in [3.05, 3.63) is 77.4 Å². The summed E-state index contributed by atoms with van der Waals surface area (Å²) in [5.74, 6) is -0.572. The zero-order valence-electron chi connectivity index (χ0n) is 17.7. The smallest absolute Gasteiger partial charge is 0.253 e. The number of sulfonamides is 1. The zero-order valence-corrected chi connectivity index (χ0v) is 18.5. The Kier molecular flexibility index (Phi) is 6.25. The Bertz CT molecular complexity index is 1280. The molecule has 1 aliphatic rings. The third-order valence-corrected chi connectivity index (χ3v) is 6.86. The van der Waals surface area contributed by atoms with E-state index in [9.17, 15) is 18.0 Å². The molecule has 1 saturated carbocycles. The van der Waals surface area contributed by atoms with E-state index in [0.717, 1.165) is 23.6 Å². The van der Waals surface area contributed by atoms with Crippen molar-refractivity contribution in [2.45, 2.75) is 25.1 Å². The van der Waals surface area contributed by atoms with E-state index in [1.165, 1.54) is 7.05 Å². The van der Waals surface area contributed by atoms with Crippen molar-refractivity contribution < 1.29 is 18.0 Å². The van der Waals surface area contributed by atoms with E-state index in [1.54, 1.807) is 30.3 Å². The fourth-order valence-electron chi connectivity index (χ4n) is 3.53. The summed E-state index contributed by atoms with van der Waals surface area (Å²) in [6.45, 7) is 0.164. The first-order chi connectivity index (χ1) is 15.4. The second-order valence-electron chi connectivity index (χ2n) is 7.92. The largest absolute Gasteiger partial charge is 0.348 e. The molecular formula is C24H25N3O4S. The molecule has 2 amide bonds. The van der Waals surface area contributed by atoms with Crippen LogP contribution in [-0.2, 0) is 27.1 Å². The summed E-state index contributed by atoms with van der Waals surface area (Å²) in [5.41, 5.74) is 2.18. The molecule has 0 radical (unpaired) electrons. The predicted octanol–water partition coefficient (Wildman–Crippen LogP) is 3.17. The Balaban J connectivity index is 1.58. The SMILES string of the molecule is CNS(=O)(=O)Cc1ccccc1CNC(=O)c1cc2ccccc2cc1NC(=O)C1CC1. The summed E-state index contributed by atoms with van der Waals surface area (Å²) in [6.07, 6.45) is 1.74. The van der Waals surface area contributed by atoms with Gasteiger partial charge in [-0.15, -0.1) is 0 Å². The highest BCUT2D eigenvalue weighted by Crippen LogP contribution is 2.32. The monoisotopic (exact) mass is 451 g/mol. The molecule has 1 fully saturated rings. The van der Waals surface area contributed by atoms with Gasteiger partial charge in [-0.3, -0.25) is 9.59 Å². The van der Waals surface area contributed by atoms with Crippen molar-refractivity contribution in [3.8, 4) is 0 Å². The summed E-state index contributed by atoms with van der Waals surface area (Å²) in [6, 6.07) is 18.3.